The van der Waals surface area contributed by atoms with Crippen LogP contribution in [0.1, 0.15) is 13.3 Å². The molecule has 0 saturated heterocycles. The molecule has 0 radical (unpaired) electrons. The van der Waals surface area contributed by atoms with E-state index in [2.05, 4.69) is 10.3 Å². The third-order valence-corrected chi connectivity index (χ3v) is 5.11. The molecule has 2 rings (SSSR count). The molecule has 1 aromatic carbocycles. The molecule has 1 aromatic heterocycles. The fourth-order valence-electron chi connectivity index (χ4n) is 1.52. The summed E-state index contributed by atoms with van der Waals surface area (Å²) in [5.41, 5.74) is 0.676. The standard InChI is InChI=1S/C12H15FN2OS2/c1-8(18(2)16)5-6-14-12-15-10-7-9(13)3-4-11(10)17-12/h3-4,7-8H,5-6H2,1-2H3,(H,14,15). The number of nitrogens with one attached hydrogen (secondary N) is 1. The lowest BCUT2D eigenvalue weighted by Crippen LogP contribution is -2.14. The molecule has 18 heavy (non-hydrogen) atoms. The molecule has 2 unspecified atom stereocenters. The highest BCUT2D eigenvalue weighted by Gasteiger charge is 2.07. The van der Waals surface area contributed by atoms with Crippen LogP contribution >= 0.6 is 11.3 Å². The van der Waals surface area contributed by atoms with E-state index in [4.69, 9.17) is 0 Å². The smallest absolute Gasteiger partial charge is 0.183 e. The van der Waals surface area contributed by atoms with Gasteiger partial charge >= 0.3 is 0 Å². The molecule has 1 N–H and O–H groups in total. The average Bonchev–Trinajstić information content (AvgIpc) is 2.70. The number of rotatable bonds is 5. The first-order valence-corrected chi connectivity index (χ1v) is 8.12. The zero-order valence-electron chi connectivity index (χ0n) is 10.3. The SMILES string of the molecule is CC(CCNc1nc2cc(F)ccc2s1)S(C)=O. The van der Waals surface area contributed by atoms with E-state index < -0.39 is 10.8 Å². The highest BCUT2D eigenvalue weighted by molar-refractivity contribution is 7.84. The highest BCUT2D eigenvalue weighted by Crippen LogP contribution is 2.26. The highest BCUT2D eigenvalue weighted by atomic mass is 32.2. The number of benzene rings is 1. The van der Waals surface area contributed by atoms with Gasteiger partial charge in [-0.25, -0.2) is 9.37 Å². The van der Waals surface area contributed by atoms with Crippen LogP contribution in [0.25, 0.3) is 10.2 Å². The summed E-state index contributed by atoms with van der Waals surface area (Å²) in [4.78, 5) is 4.31. The van der Waals surface area contributed by atoms with Crippen molar-refractivity contribution in [2.45, 2.75) is 18.6 Å². The van der Waals surface area contributed by atoms with Crippen LogP contribution in [-0.2, 0) is 10.8 Å². The third kappa shape index (κ3) is 3.26. The first-order chi connectivity index (χ1) is 8.56. The van der Waals surface area contributed by atoms with Crippen LogP contribution in [0.2, 0.25) is 0 Å². The minimum Gasteiger partial charge on any atom is -0.361 e. The predicted molar refractivity (Wildman–Crippen MR) is 76.2 cm³/mol. The van der Waals surface area contributed by atoms with Gasteiger partial charge in [-0.05, 0) is 18.6 Å². The summed E-state index contributed by atoms with van der Waals surface area (Å²) >= 11 is 1.50. The van der Waals surface area contributed by atoms with Crippen LogP contribution in [0.4, 0.5) is 9.52 Å². The topological polar surface area (TPSA) is 42.0 Å². The molecule has 2 aromatic rings. The van der Waals surface area contributed by atoms with E-state index in [0.717, 1.165) is 22.8 Å². The predicted octanol–water partition coefficient (Wildman–Crippen LogP) is 3.00. The quantitative estimate of drug-likeness (QED) is 0.918. The molecule has 0 aliphatic heterocycles. The Morgan fingerprint density at radius 2 is 2.33 bits per heavy atom. The number of fused-ring (bicyclic) bond motifs is 1. The minimum absolute atomic E-state index is 0.171. The largest absolute Gasteiger partial charge is 0.361 e. The Hall–Kier alpha value is -1.01. The van der Waals surface area contributed by atoms with E-state index in [1.165, 1.54) is 23.5 Å². The second kappa shape index (κ2) is 5.75. The van der Waals surface area contributed by atoms with Gasteiger partial charge in [0.05, 0.1) is 10.2 Å². The van der Waals surface area contributed by atoms with Gasteiger partial charge in [-0.1, -0.05) is 18.3 Å². The van der Waals surface area contributed by atoms with Gasteiger partial charge in [-0.15, -0.1) is 0 Å². The number of anilines is 1. The summed E-state index contributed by atoms with van der Waals surface area (Å²) in [5, 5.41) is 4.14. The van der Waals surface area contributed by atoms with Gasteiger partial charge in [0.2, 0.25) is 0 Å². The van der Waals surface area contributed by atoms with E-state index in [1.807, 2.05) is 6.92 Å². The Labute approximate surface area is 112 Å². The molecular weight excluding hydrogens is 271 g/mol. The van der Waals surface area contributed by atoms with E-state index >= 15 is 0 Å². The summed E-state index contributed by atoms with van der Waals surface area (Å²) in [6, 6.07) is 4.60. The van der Waals surface area contributed by atoms with E-state index in [1.54, 1.807) is 12.3 Å². The Morgan fingerprint density at radius 3 is 3.06 bits per heavy atom. The molecule has 98 valence electrons. The van der Waals surface area contributed by atoms with Crippen molar-refractivity contribution in [2.24, 2.45) is 0 Å². The fourth-order valence-corrected chi connectivity index (χ4v) is 2.85. The molecule has 0 bridgehead atoms. The molecule has 0 aliphatic rings. The van der Waals surface area contributed by atoms with Crippen LogP contribution in [0.3, 0.4) is 0 Å². The Morgan fingerprint density at radius 1 is 1.56 bits per heavy atom. The fraction of sp³-hybridized carbons (Fsp3) is 0.417. The summed E-state index contributed by atoms with van der Waals surface area (Å²) in [6.45, 7) is 2.69. The monoisotopic (exact) mass is 286 g/mol. The van der Waals surface area contributed by atoms with Crippen molar-refractivity contribution in [2.75, 3.05) is 18.1 Å². The second-order valence-electron chi connectivity index (χ2n) is 4.16. The summed E-state index contributed by atoms with van der Waals surface area (Å²) < 4.78 is 25.2. The number of aromatic nitrogens is 1. The van der Waals surface area contributed by atoms with Crippen LogP contribution in [-0.4, -0.2) is 27.2 Å². The van der Waals surface area contributed by atoms with Crippen molar-refractivity contribution in [1.82, 2.24) is 4.98 Å². The maximum atomic E-state index is 13.0. The van der Waals surface area contributed by atoms with Crippen LogP contribution in [0, 0.1) is 5.82 Å². The van der Waals surface area contributed by atoms with Gasteiger partial charge in [0.15, 0.2) is 5.13 Å². The number of nitrogens with zero attached hydrogens (tertiary/aromatic N) is 1. The van der Waals surface area contributed by atoms with Gasteiger partial charge in [-0.3, -0.25) is 4.21 Å². The van der Waals surface area contributed by atoms with E-state index in [9.17, 15) is 8.60 Å². The molecule has 0 amide bonds. The normalized spacial score (nSPS) is 14.6. The molecule has 0 aliphatic carbocycles. The summed E-state index contributed by atoms with van der Waals surface area (Å²) in [5.74, 6) is -0.269. The molecule has 3 nitrogen and oxygen atoms in total. The minimum atomic E-state index is -0.793. The van der Waals surface area contributed by atoms with Crippen LogP contribution < -0.4 is 5.32 Å². The van der Waals surface area contributed by atoms with Gasteiger partial charge in [0.1, 0.15) is 5.82 Å². The van der Waals surface area contributed by atoms with Gasteiger partial charge < -0.3 is 5.32 Å². The number of hydrogen-bond acceptors (Lipinski definition) is 4. The average molecular weight is 286 g/mol. The zero-order chi connectivity index (χ0) is 13.1. The number of hydrogen-bond donors (Lipinski definition) is 1. The van der Waals surface area contributed by atoms with Crippen molar-refractivity contribution in [3.8, 4) is 0 Å². The Kier molecular flexibility index (Phi) is 4.29. The first-order valence-electron chi connectivity index (χ1n) is 5.68. The molecule has 1 heterocycles. The Balaban J connectivity index is 1.98. The molecule has 2 atom stereocenters. The first kappa shape index (κ1) is 13.4. The number of thiazole rings is 1. The van der Waals surface area contributed by atoms with Crippen LogP contribution in [0.15, 0.2) is 18.2 Å². The van der Waals surface area contributed by atoms with Gasteiger partial charge in [-0.2, -0.15) is 0 Å². The lowest BCUT2D eigenvalue weighted by Gasteiger charge is -2.07. The molecule has 0 fully saturated rings. The van der Waals surface area contributed by atoms with Gasteiger partial charge in [0.25, 0.3) is 0 Å². The molecule has 6 heteroatoms. The summed E-state index contributed by atoms with van der Waals surface area (Å²) in [6.07, 6.45) is 2.54. The van der Waals surface area contributed by atoms with Crippen molar-refractivity contribution in [3.05, 3.63) is 24.0 Å². The molecule has 0 spiro atoms. The zero-order valence-corrected chi connectivity index (χ0v) is 11.9. The third-order valence-electron chi connectivity index (χ3n) is 2.74. The van der Waals surface area contributed by atoms with Crippen molar-refractivity contribution in [3.63, 3.8) is 0 Å². The Bertz CT molecular complexity index is 570. The van der Waals surface area contributed by atoms with Crippen molar-refractivity contribution >= 4 is 37.5 Å². The molecular formula is C12H15FN2OS2. The van der Waals surface area contributed by atoms with Crippen molar-refractivity contribution < 1.29 is 8.60 Å². The second-order valence-corrected chi connectivity index (χ2v) is 6.99. The maximum Gasteiger partial charge on any atom is 0.183 e. The lowest BCUT2D eigenvalue weighted by atomic mass is 10.3. The van der Waals surface area contributed by atoms with E-state index in [0.29, 0.717) is 5.52 Å². The van der Waals surface area contributed by atoms with Crippen LogP contribution in [0.5, 0.6) is 0 Å². The van der Waals surface area contributed by atoms with E-state index in [-0.39, 0.29) is 11.1 Å². The van der Waals surface area contributed by atoms with Gasteiger partial charge in [0, 0.05) is 34.9 Å². The summed E-state index contributed by atoms with van der Waals surface area (Å²) in [7, 11) is -0.793. The lowest BCUT2D eigenvalue weighted by molar-refractivity contribution is 0.629. The molecule has 0 saturated carbocycles. The maximum absolute atomic E-state index is 13.0. The van der Waals surface area contributed by atoms with Crippen molar-refractivity contribution in [1.29, 1.82) is 0 Å². The number of halogens is 1.